The molecule has 1 aromatic carbocycles. The molecule has 3 nitrogen and oxygen atoms in total. The van der Waals surface area contributed by atoms with E-state index in [9.17, 15) is 13.0 Å². The van der Waals surface area contributed by atoms with Crippen LogP contribution in [0.15, 0.2) is 23.1 Å². The van der Waals surface area contributed by atoms with Gasteiger partial charge >= 0.3 is 10.1 Å². The number of halogens is 2. The van der Waals surface area contributed by atoms with Crippen molar-refractivity contribution < 1.29 is 13.0 Å². The first-order chi connectivity index (χ1) is 5.41. The molecule has 0 bridgehead atoms. The third kappa shape index (κ3) is 2.10. The zero-order chi connectivity index (χ0) is 9.35. The van der Waals surface area contributed by atoms with Gasteiger partial charge in [0, 0.05) is 5.02 Å². The van der Waals surface area contributed by atoms with Gasteiger partial charge in [0.25, 0.3) is 0 Å². The average molecular weight is 226 g/mol. The van der Waals surface area contributed by atoms with Crippen LogP contribution in [0.3, 0.4) is 0 Å². The van der Waals surface area contributed by atoms with E-state index < -0.39 is 15.0 Å². The molecule has 12 heavy (non-hydrogen) atoms. The van der Waals surface area contributed by atoms with Crippen LogP contribution in [0.5, 0.6) is 0 Å². The highest BCUT2D eigenvalue weighted by Crippen LogP contribution is 2.24. The summed E-state index contributed by atoms with van der Waals surface area (Å²) in [4.78, 5) is -0.450. The Morgan fingerprint density at radius 1 is 1.17 bits per heavy atom. The predicted octanol–water partition coefficient (Wildman–Crippen LogP) is 2.11. The molecule has 0 saturated heterocycles. The number of hydrogen-bond donors (Lipinski definition) is 0. The molecular formula is C6H3Cl2O3S. The minimum Gasteiger partial charge on any atom is -0.191 e. The summed E-state index contributed by atoms with van der Waals surface area (Å²) in [5.74, 6) is 0. The van der Waals surface area contributed by atoms with E-state index in [0.29, 0.717) is 0 Å². The molecule has 0 aliphatic carbocycles. The molecule has 1 rings (SSSR count). The van der Waals surface area contributed by atoms with Gasteiger partial charge in [0.1, 0.15) is 4.90 Å². The molecule has 0 atom stereocenters. The molecule has 65 valence electrons. The van der Waals surface area contributed by atoms with E-state index in [4.69, 9.17) is 23.2 Å². The fourth-order valence-corrected chi connectivity index (χ4v) is 1.90. The zero-order valence-electron chi connectivity index (χ0n) is 5.62. The van der Waals surface area contributed by atoms with Crippen LogP contribution in [0, 0.1) is 0 Å². The summed E-state index contributed by atoms with van der Waals surface area (Å²) in [6.07, 6.45) is 0. The second kappa shape index (κ2) is 3.22. The fraction of sp³-hybridized carbons (Fsp3) is 0. The van der Waals surface area contributed by atoms with Gasteiger partial charge in [0.2, 0.25) is 0 Å². The molecule has 0 aliphatic heterocycles. The number of benzene rings is 1. The third-order valence-electron chi connectivity index (χ3n) is 1.16. The highest BCUT2D eigenvalue weighted by molar-refractivity contribution is 7.85. The Morgan fingerprint density at radius 2 is 1.75 bits per heavy atom. The number of hydrogen-bond acceptors (Lipinski definition) is 2. The van der Waals surface area contributed by atoms with Gasteiger partial charge in [-0.2, -0.15) is 8.42 Å². The van der Waals surface area contributed by atoms with Crippen molar-refractivity contribution in [3.8, 4) is 0 Å². The van der Waals surface area contributed by atoms with Gasteiger partial charge in [-0.25, -0.2) is 0 Å². The van der Waals surface area contributed by atoms with Crippen LogP contribution in [-0.2, 0) is 14.7 Å². The van der Waals surface area contributed by atoms with Crippen molar-refractivity contribution in [2.24, 2.45) is 0 Å². The van der Waals surface area contributed by atoms with E-state index >= 15 is 0 Å². The monoisotopic (exact) mass is 225 g/mol. The summed E-state index contributed by atoms with van der Waals surface area (Å²) >= 11 is 10.9. The van der Waals surface area contributed by atoms with Crippen LogP contribution >= 0.6 is 23.2 Å². The Morgan fingerprint density at radius 3 is 2.17 bits per heavy atom. The molecule has 0 saturated carbocycles. The van der Waals surface area contributed by atoms with Crippen molar-refractivity contribution in [3.63, 3.8) is 0 Å². The van der Waals surface area contributed by atoms with Gasteiger partial charge in [0.05, 0.1) is 5.02 Å². The second-order valence-electron chi connectivity index (χ2n) is 2.03. The Balaban J connectivity index is 3.39. The van der Waals surface area contributed by atoms with Crippen molar-refractivity contribution in [2.75, 3.05) is 0 Å². The summed E-state index contributed by atoms with van der Waals surface area (Å²) in [5.41, 5.74) is 0. The molecule has 0 fully saturated rings. The Labute approximate surface area is 79.7 Å². The van der Waals surface area contributed by atoms with Gasteiger partial charge in [0.15, 0.2) is 0 Å². The minimum atomic E-state index is -4.49. The standard InChI is InChI=1S/C6H3Cl2O3S/c7-4-1-2-6(5(8)3-4)12(9,10)11/h1-3H. The largest absolute Gasteiger partial charge is 0.325 e. The average Bonchev–Trinajstić information content (AvgIpc) is 1.83. The van der Waals surface area contributed by atoms with Crippen molar-refractivity contribution in [3.05, 3.63) is 28.2 Å². The molecule has 0 heterocycles. The lowest BCUT2D eigenvalue weighted by Gasteiger charge is -1.97. The van der Waals surface area contributed by atoms with E-state index in [1.54, 1.807) is 0 Å². The molecule has 0 unspecified atom stereocenters. The maximum Gasteiger partial charge on any atom is 0.325 e. The van der Waals surface area contributed by atoms with E-state index in [1.807, 2.05) is 0 Å². The smallest absolute Gasteiger partial charge is 0.191 e. The third-order valence-corrected chi connectivity index (χ3v) is 2.72. The van der Waals surface area contributed by atoms with Crippen LogP contribution < -0.4 is 0 Å². The first-order valence-corrected chi connectivity index (χ1v) is 4.98. The summed E-state index contributed by atoms with van der Waals surface area (Å²) < 4.78 is 31.4. The highest BCUT2D eigenvalue weighted by atomic mass is 35.5. The van der Waals surface area contributed by atoms with Crippen LogP contribution in [0.2, 0.25) is 10.0 Å². The van der Waals surface area contributed by atoms with Crippen LogP contribution in [0.1, 0.15) is 0 Å². The Hall–Kier alpha value is -0.290. The van der Waals surface area contributed by atoms with Gasteiger partial charge in [-0.05, 0) is 18.2 Å². The van der Waals surface area contributed by atoms with Gasteiger partial charge in [-0.3, -0.25) is 0 Å². The van der Waals surface area contributed by atoms with Crippen molar-refractivity contribution >= 4 is 33.3 Å². The Bertz CT molecular complexity index is 399. The lowest BCUT2D eigenvalue weighted by atomic mass is 10.4. The first kappa shape index (κ1) is 9.80. The fourth-order valence-electron chi connectivity index (χ4n) is 0.678. The predicted molar refractivity (Wildman–Crippen MR) is 44.3 cm³/mol. The van der Waals surface area contributed by atoms with Crippen molar-refractivity contribution in [2.45, 2.75) is 4.90 Å². The molecule has 1 radical (unpaired) electrons. The van der Waals surface area contributed by atoms with Crippen LogP contribution in [0.25, 0.3) is 0 Å². The lowest BCUT2D eigenvalue weighted by Crippen LogP contribution is -1.96. The second-order valence-corrected chi connectivity index (χ2v) is 4.22. The van der Waals surface area contributed by atoms with Crippen LogP contribution in [0.4, 0.5) is 0 Å². The number of rotatable bonds is 1. The highest BCUT2D eigenvalue weighted by Gasteiger charge is 2.15. The summed E-state index contributed by atoms with van der Waals surface area (Å²) in [5, 5.41) is 0.130. The van der Waals surface area contributed by atoms with E-state index in [1.165, 1.54) is 12.1 Å². The van der Waals surface area contributed by atoms with Gasteiger partial charge in [-0.15, -0.1) is 0 Å². The van der Waals surface area contributed by atoms with Gasteiger partial charge in [-0.1, -0.05) is 27.8 Å². The zero-order valence-corrected chi connectivity index (χ0v) is 7.95. The van der Waals surface area contributed by atoms with E-state index in [0.717, 1.165) is 6.07 Å². The molecule has 0 aliphatic rings. The summed E-state index contributed by atoms with van der Waals surface area (Å²) in [7, 11) is -4.49. The van der Waals surface area contributed by atoms with Crippen LogP contribution in [-0.4, -0.2) is 8.42 Å². The van der Waals surface area contributed by atoms with Gasteiger partial charge < -0.3 is 0 Å². The normalized spacial score (nSPS) is 11.6. The Kier molecular flexibility index (Phi) is 2.63. The molecular weight excluding hydrogens is 223 g/mol. The topological polar surface area (TPSA) is 54.0 Å². The first-order valence-electron chi connectivity index (χ1n) is 2.82. The van der Waals surface area contributed by atoms with E-state index in [2.05, 4.69) is 0 Å². The summed E-state index contributed by atoms with van der Waals surface area (Å²) in [6, 6.07) is 3.57. The molecule has 6 heteroatoms. The minimum absolute atomic E-state index is 0.155. The summed E-state index contributed by atoms with van der Waals surface area (Å²) in [6.45, 7) is 0. The SMILES string of the molecule is [O]S(=O)(=O)c1ccc(Cl)cc1Cl. The molecule has 1 aromatic rings. The van der Waals surface area contributed by atoms with Crippen molar-refractivity contribution in [1.82, 2.24) is 0 Å². The molecule has 0 amide bonds. The van der Waals surface area contributed by atoms with E-state index in [-0.39, 0.29) is 10.0 Å². The maximum atomic E-state index is 10.5. The maximum absolute atomic E-state index is 10.5. The molecule has 0 spiro atoms. The quantitative estimate of drug-likeness (QED) is 0.736. The molecule has 0 N–H and O–H groups in total. The molecule has 0 aromatic heterocycles. The van der Waals surface area contributed by atoms with Crippen molar-refractivity contribution in [1.29, 1.82) is 0 Å². The lowest BCUT2D eigenvalue weighted by molar-refractivity contribution is 0.414.